The molecule has 1 N–H and O–H groups in total. The quantitative estimate of drug-likeness (QED) is 0.682. The highest BCUT2D eigenvalue weighted by molar-refractivity contribution is 5.98. The SMILES string of the molecule is COc1ccc2cc(C(=O)NCc3ccc(OC4CCCC4)nc3)c(C)nc2c1. The summed E-state index contributed by atoms with van der Waals surface area (Å²) in [7, 11) is 1.62. The van der Waals surface area contributed by atoms with Crippen LogP contribution in [0.1, 0.15) is 47.3 Å². The maximum Gasteiger partial charge on any atom is 0.253 e. The molecule has 1 aromatic carbocycles. The van der Waals surface area contributed by atoms with E-state index in [2.05, 4.69) is 15.3 Å². The molecular formula is C23H25N3O3. The number of pyridine rings is 2. The number of aromatic nitrogens is 2. The predicted octanol–water partition coefficient (Wildman–Crippen LogP) is 4.20. The molecule has 0 radical (unpaired) electrons. The molecule has 0 bridgehead atoms. The number of fused-ring (bicyclic) bond motifs is 1. The fraction of sp³-hybridized carbons (Fsp3) is 0.348. The van der Waals surface area contributed by atoms with Gasteiger partial charge in [-0.2, -0.15) is 0 Å². The largest absolute Gasteiger partial charge is 0.497 e. The first-order valence-corrected chi connectivity index (χ1v) is 9.97. The lowest BCUT2D eigenvalue weighted by Gasteiger charge is -2.12. The van der Waals surface area contributed by atoms with E-state index in [4.69, 9.17) is 9.47 Å². The molecule has 1 aliphatic carbocycles. The standard InChI is InChI=1S/C23H25N3O3/c1-15-20(11-17-8-9-19(28-2)12-21(17)26-15)23(27)25-14-16-7-10-22(24-13-16)29-18-5-3-4-6-18/h7-13,18H,3-6,14H2,1-2H3,(H,25,27). The number of hydrogen-bond donors (Lipinski definition) is 1. The monoisotopic (exact) mass is 391 g/mol. The van der Waals surface area contributed by atoms with E-state index in [9.17, 15) is 4.79 Å². The molecule has 0 saturated heterocycles. The Kier molecular flexibility index (Phi) is 5.60. The van der Waals surface area contributed by atoms with Gasteiger partial charge in [0.25, 0.3) is 5.91 Å². The van der Waals surface area contributed by atoms with E-state index in [1.165, 1.54) is 12.8 Å². The molecule has 2 aromatic heterocycles. The minimum absolute atomic E-state index is 0.154. The van der Waals surface area contributed by atoms with Gasteiger partial charge in [0.2, 0.25) is 5.88 Å². The van der Waals surface area contributed by atoms with E-state index in [0.29, 0.717) is 23.7 Å². The van der Waals surface area contributed by atoms with Crippen LogP contribution in [0.5, 0.6) is 11.6 Å². The highest BCUT2D eigenvalue weighted by Gasteiger charge is 2.17. The van der Waals surface area contributed by atoms with Crippen LogP contribution in [0, 0.1) is 6.92 Å². The molecule has 0 spiro atoms. The molecule has 0 atom stereocenters. The molecule has 29 heavy (non-hydrogen) atoms. The summed E-state index contributed by atoms with van der Waals surface area (Å²) in [6.45, 7) is 2.24. The molecule has 2 heterocycles. The number of nitrogens with one attached hydrogen (secondary N) is 1. The van der Waals surface area contributed by atoms with Crippen LogP contribution in [0.15, 0.2) is 42.6 Å². The van der Waals surface area contributed by atoms with E-state index >= 15 is 0 Å². The van der Waals surface area contributed by atoms with Crippen molar-refractivity contribution in [3.63, 3.8) is 0 Å². The highest BCUT2D eigenvalue weighted by atomic mass is 16.5. The summed E-state index contributed by atoms with van der Waals surface area (Å²) in [6.07, 6.45) is 6.70. The molecule has 1 amide bonds. The zero-order chi connectivity index (χ0) is 20.2. The number of carbonyl (C=O) groups excluding carboxylic acids is 1. The van der Waals surface area contributed by atoms with Crippen LogP contribution in [0.25, 0.3) is 10.9 Å². The summed E-state index contributed by atoms with van der Waals surface area (Å²) >= 11 is 0. The van der Waals surface area contributed by atoms with E-state index in [1.807, 2.05) is 43.3 Å². The van der Waals surface area contributed by atoms with Gasteiger partial charge >= 0.3 is 0 Å². The van der Waals surface area contributed by atoms with Crippen molar-refractivity contribution in [2.75, 3.05) is 7.11 Å². The van der Waals surface area contributed by atoms with Gasteiger partial charge < -0.3 is 14.8 Å². The van der Waals surface area contributed by atoms with Crippen molar-refractivity contribution in [3.05, 3.63) is 59.4 Å². The lowest BCUT2D eigenvalue weighted by molar-refractivity contribution is 0.0950. The van der Waals surface area contributed by atoms with Crippen molar-refractivity contribution in [2.24, 2.45) is 0 Å². The van der Waals surface area contributed by atoms with Crippen molar-refractivity contribution in [1.82, 2.24) is 15.3 Å². The number of aryl methyl sites for hydroxylation is 1. The van der Waals surface area contributed by atoms with Crippen LogP contribution in [0.3, 0.4) is 0 Å². The van der Waals surface area contributed by atoms with Gasteiger partial charge in [-0.3, -0.25) is 9.78 Å². The summed E-state index contributed by atoms with van der Waals surface area (Å²) < 4.78 is 11.1. The van der Waals surface area contributed by atoms with E-state index < -0.39 is 0 Å². The van der Waals surface area contributed by atoms with Gasteiger partial charge in [-0.1, -0.05) is 6.07 Å². The maximum absolute atomic E-state index is 12.7. The molecule has 0 aliphatic heterocycles. The first kappa shape index (κ1) is 19.2. The van der Waals surface area contributed by atoms with E-state index in [0.717, 1.165) is 35.1 Å². The normalized spacial score (nSPS) is 14.1. The molecule has 6 heteroatoms. The smallest absolute Gasteiger partial charge is 0.253 e. The number of benzene rings is 1. The number of rotatable bonds is 6. The Morgan fingerprint density at radius 1 is 1.17 bits per heavy atom. The van der Waals surface area contributed by atoms with Crippen molar-refractivity contribution in [3.8, 4) is 11.6 Å². The van der Waals surface area contributed by atoms with Crippen LogP contribution < -0.4 is 14.8 Å². The molecule has 3 aromatic rings. The van der Waals surface area contributed by atoms with Crippen molar-refractivity contribution < 1.29 is 14.3 Å². The van der Waals surface area contributed by atoms with Gasteiger partial charge in [0.1, 0.15) is 11.9 Å². The summed E-state index contributed by atoms with van der Waals surface area (Å²) in [4.78, 5) is 21.6. The number of ether oxygens (including phenoxy) is 2. The fourth-order valence-corrected chi connectivity index (χ4v) is 3.64. The van der Waals surface area contributed by atoms with Gasteiger partial charge in [-0.25, -0.2) is 4.98 Å². The van der Waals surface area contributed by atoms with Gasteiger partial charge in [-0.05, 0) is 56.4 Å². The second kappa shape index (κ2) is 8.47. The molecule has 150 valence electrons. The van der Waals surface area contributed by atoms with Gasteiger partial charge in [0.05, 0.1) is 23.9 Å². The molecule has 1 saturated carbocycles. The van der Waals surface area contributed by atoms with Gasteiger partial charge in [0, 0.05) is 30.3 Å². The van der Waals surface area contributed by atoms with Crippen molar-refractivity contribution in [2.45, 2.75) is 45.3 Å². The molecule has 1 aliphatic rings. The van der Waals surface area contributed by atoms with Crippen LogP contribution in [-0.4, -0.2) is 29.1 Å². The lowest BCUT2D eigenvalue weighted by atomic mass is 10.1. The second-order valence-corrected chi connectivity index (χ2v) is 7.39. The van der Waals surface area contributed by atoms with Gasteiger partial charge in [0.15, 0.2) is 0 Å². The van der Waals surface area contributed by atoms with Crippen LogP contribution in [-0.2, 0) is 6.54 Å². The summed E-state index contributed by atoms with van der Waals surface area (Å²) in [5.41, 5.74) is 2.98. The summed E-state index contributed by atoms with van der Waals surface area (Å²) in [6, 6.07) is 11.3. The first-order chi connectivity index (χ1) is 14.1. The van der Waals surface area contributed by atoms with E-state index in [1.54, 1.807) is 13.3 Å². The zero-order valence-corrected chi connectivity index (χ0v) is 16.8. The lowest BCUT2D eigenvalue weighted by Crippen LogP contribution is -2.24. The Balaban J connectivity index is 1.40. The third-order valence-electron chi connectivity index (χ3n) is 5.30. The second-order valence-electron chi connectivity index (χ2n) is 7.39. The molecule has 1 fully saturated rings. The predicted molar refractivity (Wildman–Crippen MR) is 111 cm³/mol. The fourth-order valence-electron chi connectivity index (χ4n) is 3.64. The van der Waals surface area contributed by atoms with Crippen LogP contribution in [0.4, 0.5) is 0 Å². The van der Waals surface area contributed by atoms with Crippen LogP contribution >= 0.6 is 0 Å². The Labute approximate surface area is 170 Å². The number of methoxy groups -OCH3 is 1. The van der Waals surface area contributed by atoms with E-state index in [-0.39, 0.29) is 12.0 Å². The van der Waals surface area contributed by atoms with Gasteiger partial charge in [-0.15, -0.1) is 0 Å². The number of nitrogens with zero attached hydrogens (tertiary/aromatic N) is 2. The molecular weight excluding hydrogens is 366 g/mol. The molecule has 6 nitrogen and oxygen atoms in total. The first-order valence-electron chi connectivity index (χ1n) is 9.97. The zero-order valence-electron chi connectivity index (χ0n) is 16.8. The van der Waals surface area contributed by atoms with Crippen molar-refractivity contribution >= 4 is 16.8 Å². The van der Waals surface area contributed by atoms with Crippen molar-refractivity contribution in [1.29, 1.82) is 0 Å². The average molecular weight is 391 g/mol. The molecule has 0 unspecified atom stereocenters. The minimum Gasteiger partial charge on any atom is -0.497 e. The molecule has 4 rings (SSSR count). The summed E-state index contributed by atoms with van der Waals surface area (Å²) in [5, 5.41) is 3.85. The Hall–Kier alpha value is -3.15. The number of carbonyl (C=O) groups is 1. The third kappa shape index (κ3) is 4.47. The number of hydrogen-bond acceptors (Lipinski definition) is 5. The topological polar surface area (TPSA) is 73.3 Å². The average Bonchev–Trinajstić information content (AvgIpc) is 3.25. The minimum atomic E-state index is -0.154. The maximum atomic E-state index is 12.7. The van der Waals surface area contributed by atoms with Crippen LogP contribution in [0.2, 0.25) is 0 Å². The summed E-state index contributed by atoms with van der Waals surface area (Å²) in [5.74, 6) is 1.24. The third-order valence-corrected chi connectivity index (χ3v) is 5.30. The Bertz CT molecular complexity index is 1010. The number of amides is 1. The highest BCUT2D eigenvalue weighted by Crippen LogP contribution is 2.23. The Morgan fingerprint density at radius 2 is 2.00 bits per heavy atom. The Morgan fingerprint density at radius 3 is 2.72 bits per heavy atom.